The summed E-state index contributed by atoms with van der Waals surface area (Å²) < 4.78 is 19.7. The van der Waals surface area contributed by atoms with Crippen LogP contribution in [0.15, 0.2) is 23.7 Å². The molecule has 2 aliphatic heterocycles. The number of carbonyl (C=O) groups excluding carboxylic acids is 1. The molecule has 3 fully saturated rings. The molecule has 1 aliphatic carbocycles. The van der Waals surface area contributed by atoms with Crippen LogP contribution in [0.2, 0.25) is 0 Å². The summed E-state index contributed by atoms with van der Waals surface area (Å²) in [6.45, 7) is 5.79. The molecule has 3 atom stereocenters. The van der Waals surface area contributed by atoms with Crippen molar-refractivity contribution in [3.8, 4) is 5.88 Å². The second kappa shape index (κ2) is 8.82. The van der Waals surface area contributed by atoms with E-state index in [2.05, 4.69) is 16.4 Å². The number of fused-ring (bicyclic) bond motifs is 3. The molecule has 0 spiro atoms. The Balaban J connectivity index is 1.11. The third kappa shape index (κ3) is 4.74. The van der Waals surface area contributed by atoms with Crippen LogP contribution < -0.4 is 4.74 Å². The Morgan fingerprint density at radius 1 is 1.00 bits per heavy atom. The van der Waals surface area contributed by atoms with Gasteiger partial charge in [0.15, 0.2) is 0 Å². The van der Waals surface area contributed by atoms with E-state index in [1.807, 2.05) is 37.9 Å². The number of carbonyl (C=O) groups is 1. The molecule has 0 aromatic carbocycles. The molecule has 7 heteroatoms. The van der Waals surface area contributed by atoms with Crippen LogP contribution in [0.3, 0.4) is 0 Å². The number of aromatic nitrogens is 1. The van der Waals surface area contributed by atoms with Gasteiger partial charge >= 0.3 is 6.09 Å². The number of hydrogen-bond donors (Lipinski definition) is 0. The minimum atomic E-state index is -0.449. The van der Waals surface area contributed by atoms with Crippen LogP contribution in [-0.4, -0.2) is 52.0 Å². The summed E-state index contributed by atoms with van der Waals surface area (Å²) in [5, 5.41) is 3.20. The molecule has 1 amide bonds. The van der Waals surface area contributed by atoms with E-state index in [1.165, 1.54) is 4.70 Å². The minimum Gasteiger partial charge on any atom is -0.474 e. The summed E-state index contributed by atoms with van der Waals surface area (Å²) >= 11 is 1.72. The van der Waals surface area contributed by atoms with Gasteiger partial charge in [-0.2, -0.15) is 0 Å². The van der Waals surface area contributed by atoms with Gasteiger partial charge in [-0.05, 0) is 89.7 Å². The number of ether oxygens (including phenoxy) is 3. The molecular formula is C25H34N2O4S. The van der Waals surface area contributed by atoms with Crippen molar-refractivity contribution in [3.63, 3.8) is 0 Å². The lowest BCUT2D eigenvalue weighted by Gasteiger charge is -2.41. The molecule has 2 bridgehead atoms. The lowest BCUT2D eigenvalue weighted by molar-refractivity contribution is -0.0814. The van der Waals surface area contributed by atoms with Crippen molar-refractivity contribution in [3.05, 3.63) is 23.7 Å². The van der Waals surface area contributed by atoms with E-state index in [1.54, 1.807) is 11.3 Å². The molecule has 32 heavy (non-hydrogen) atoms. The van der Waals surface area contributed by atoms with Crippen LogP contribution in [0.5, 0.6) is 5.88 Å². The van der Waals surface area contributed by atoms with Gasteiger partial charge in [0.2, 0.25) is 5.88 Å². The lowest BCUT2D eigenvalue weighted by Crippen LogP contribution is -2.50. The highest BCUT2D eigenvalue weighted by Crippen LogP contribution is 2.39. The highest BCUT2D eigenvalue weighted by molar-refractivity contribution is 7.17. The van der Waals surface area contributed by atoms with Gasteiger partial charge in [-0.1, -0.05) is 0 Å². The summed E-state index contributed by atoms with van der Waals surface area (Å²) in [5.74, 6) is 0.763. The first-order valence-electron chi connectivity index (χ1n) is 12.0. The van der Waals surface area contributed by atoms with Crippen molar-refractivity contribution in [2.45, 2.75) is 108 Å². The number of nitrogens with zero attached hydrogens (tertiary/aromatic N) is 2. The monoisotopic (exact) mass is 458 g/mol. The maximum atomic E-state index is 12.7. The maximum absolute atomic E-state index is 12.7. The predicted molar refractivity (Wildman–Crippen MR) is 125 cm³/mol. The van der Waals surface area contributed by atoms with Crippen LogP contribution in [0.25, 0.3) is 10.1 Å². The van der Waals surface area contributed by atoms with Gasteiger partial charge in [-0.3, -0.25) is 0 Å². The van der Waals surface area contributed by atoms with E-state index >= 15 is 0 Å². The van der Waals surface area contributed by atoms with E-state index in [4.69, 9.17) is 14.2 Å². The number of thiophene rings is 1. The van der Waals surface area contributed by atoms with Gasteiger partial charge in [-0.25, -0.2) is 9.78 Å². The molecule has 4 heterocycles. The number of rotatable bonds is 4. The lowest BCUT2D eigenvalue weighted by atomic mass is 9.93. The second-order valence-corrected chi connectivity index (χ2v) is 11.4. The van der Waals surface area contributed by atoms with Gasteiger partial charge in [0, 0.05) is 23.0 Å². The third-order valence-corrected chi connectivity index (χ3v) is 7.80. The van der Waals surface area contributed by atoms with Crippen molar-refractivity contribution >= 4 is 27.5 Å². The van der Waals surface area contributed by atoms with Crippen LogP contribution in [0, 0.1) is 0 Å². The van der Waals surface area contributed by atoms with Crippen LogP contribution in [-0.2, 0) is 9.47 Å². The smallest absolute Gasteiger partial charge is 0.410 e. The third-order valence-electron chi connectivity index (χ3n) is 6.92. The molecule has 2 aromatic rings. The van der Waals surface area contributed by atoms with Gasteiger partial charge < -0.3 is 19.1 Å². The predicted octanol–water partition coefficient (Wildman–Crippen LogP) is 5.93. The highest BCUT2D eigenvalue weighted by Gasteiger charge is 2.45. The van der Waals surface area contributed by atoms with Crippen molar-refractivity contribution in [2.24, 2.45) is 0 Å². The summed E-state index contributed by atoms with van der Waals surface area (Å²) in [5.41, 5.74) is -0.449. The summed E-state index contributed by atoms with van der Waals surface area (Å²) in [7, 11) is 0. The molecule has 1 saturated carbocycles. The van der Waals surface area contributed by atoms with Gasteiger partial charge in [-0.15, -0.1) is 11.3 Å². The summed E-state index contributed by atoms with van der Waals surface area (Å²) in [6, 6.07) is 4.64. The average Bonchev–Trinajstić information content (AvgIpc) is 3.32. The largest absolute Gasteiger partial charge is 0.474 e. The van der Waals surface area contributed by atoms with Crippen molar-refractivity contribution in [1.29, 1.82) is 0 Å². The molecule has 2 aromatic heterocycles. The van der Waals surface area contributed by atoms with Gasteiger partial charge in [0.1, 0.15) is 11.7 Å². The first kappa shape index (κ1) is 22.0. The van der Waals surface area contributed by atoms with E-state index < -0.39 is 5.60 Å². The summed E-state index contributed by atoms with van der Waals surface area (Å²) in [4.78, 5) is 19.1. The van der Waals surface area contributed by atoms with Crippen molar-refractivity contribution in [2.75, 3.05) is 0 Å². The normalized spacial score (nSPS) is 30.5. The molecule has 0 N–H and O–H groups in total. The first-order valence-corrected chi connectivity index (χ1v) is 12.9. The summed E-state index contributed by atoms with van der Waals surface area (Å²) in [6.07, 6.45) is 10.4. The topological polar surface area (TPSA) is 60.9 Å². The molecular weight excluding hydrogens is 424 g/mol. The quantitative estimate of drug-likeness (QED) is 0.568. The molecule has 5 rings (SSSR count). The fourth-order valence-electron chi connectivity index (χ4n) is 5.53. The zero-order chi connectivity index (χ0) is 22.3. The Morgan fingerprint density at radius 2 is 1.69 bits per heavy atom. The molecule has 3 aliphatic rings. The Kier molecular flexibility index (Phi) is 6.05. The van der Waals surface area contributed by atoms with E-state index in [0.29, 0.717) is 0 Å². The van der Waals surface area contributed by atoms with Crippen molar-refractivity contribution < 1.29 is 19.0 Å². The fraction of sp³-hybridized carbons (Fsp3) is 0.680. The highest BCUT2D eigenvalue weighted by atomic mass is 32.1. The fourth-order valence-corrected chi connectivity index (χ4v) is 6.30. The standard InChI is InChI=1S/C25H34N2O4S/c1-25(2,3)31-24(28)27-16-4-5-17(27)15-20(14-16)29-18-6-8-19(9-7-18)30-23-21-11-13-32-22(21)10-12-26-23/h10-13,16-20H,4-9,14-15H2,1-3H3/t16-,17+,18-,19-,20-. The first-order chi connectivity index (χ1) is 15.4. The number of pyridine rings is 1. The molecule has 2 saturated heterocycles. The van der Waals surface area contributed by atoms with Crippen molar-refractivity contribution in [1.82, 2.24) is 9.88 Å². The van der Waals surface area contributed by atoms with Gasteiger partial charge in [0.25, 0.3) is 0 Å². The number of hydrogen-bond acceptors (Lipinski definition) is 6. The maximum Gasteiger partial charge on any atom is 0.410 e. The second-order valence-electron chi connectivity index (χ2n) is 10.5. The van der Waals surface area contributed by atoms with Crippen LogP contribution in [0.4, 0.5) is 4.79 Å². The van der Waals surface area contributed by atoms with Crippen LogP contribution >= 0.6 is 11.3 Å². The zero-order valence-electron chi connectivity index (χ0n) is 19.3. The number of amides is 1. The van der Waals surface area contributed by atoms with E-state index in [9.17, 15) is 4.79 Å². The molecule has 174 valence electrons. The minimum absolute atomic E-state index is 0.157. The molecule has 6 nitrogen and oxygen atoms in total. The van der Waals surface area contributed by atoms with E-state index in [0.717, 1.165) is 62.6 Å². The van der Waals surface area contributed by atoms with E-state index in [-0.39, 0.29) is 36.5 Å². The average molecular weight is 459 g/mol. The van der Waals surface area contributed by atoms with Crippen LogP contribution in [0.1, 0.15) is 72.1 Å². The Hall–Kier alpha value is -1.86. The van der Waals surface area contributed by atoms with Gasteiger partial charge in [0.05, 0.1) is 17.6 Å². The SMILES string of the molecule is CC(C)(C)OC(=O)N1[C@@H]2CC[C@H]1C[C@H](O[C@H]1CC[C@H](Oc3nccc4sccc34)CC1)C2. The Morgan fingerprint density at radius 3 is 2.38 bits per heavy atom. The molecule has 0 radical (unpaired) electrons. The zero-order valence-corrected chi connectivity index (χ0v) is 20.1. The molecule has 0 unspecified atom stereocenters. The Bertz CT molecular complexity index is 933. The number of piperidine rings is 1. The Labute approximate surface area is 194 Å².